The summed E-state index contributed by atoms with van der Waals surface area (Å²) in [6, 6.07) is 13.6. The third kappa shape index (κ3) is 4.31. The zero-order valence-corrected chi connectivity index (χ0v) is 16.0. The summed E-state index contributed by atoms with van der Waals surface area (Å²) in [6.45, 7) is 8.03. The second-order valence-electron chi connectivity index (χ2n) is 7.62. The summed E-state index contributed by atoms with van der Waals surface area (Å²) in [5, 5.41) is 5.49. The second-order valence-corrected chi connectivity index (χ2v) is 7.62. The zero-order valence-electron chi connectivity index (χ0n) is 16.0. The maximum Gasteiger partial charge on any atom is 0.497 e. The molecule has 7 heteroatoms. The van der Waals surface area contributed by atoms with Crippen molar-refractivity contribution in [3.05, 3.63) is 59.9 Å². The van der Waals surface area contributed by atoms with Crippen molar-refractivity contribution in [2.45, 2.75) is 45.4 Å². The molecule has 142 valence electrons. The molecule has 1 heterocycles. The van der Waals surface area contributed by atoms with Crippen molar-refractivity contribution in [1.82, 2.24) is 5.32 Å². The largest absolute Gasteiger partial charge is 0.497 e. The van der Waals surface area contributed by atoms with Crippen LogP contribution in [0, 0.1) is 5.82 Å². The minimum Gasteiger partial charge on any atom is -0.399 e. The number of halogens is 1. The van der Waals surface area contributed by atoms with Crippen LogP contribution in [0.25, 0.3) is 0 Å². The highest BCUT2D eigenvalue weighted by atomic mass is 19.1. The molecule has 5 nitrogen and oxygen atoms in total. The molecule has 27 heavy (non-hydrogen) atoms. The standard InChI is InChI=1S/C20H24BFN2O3/c1-19(2)20(3,4)27-21(26-19)16-12-15(10-11-17(16)22)24-18(25)23-13-14-8-6-5-7-9-14/h5-12H,13H2,1-4H3,(H2,23,24,25). The number of rotatable bonds is 4. The lowest BCUT2D eigenvalue weighted by atomic mass is 9.78. The Kier molecular flexibility index (Phi) is 5.26. The molecule has 1 aliphatic heterocycles. The normalized spacial score (nSPS) is 17.6. The van der Waals surface area contributed by atoms with Crippen LogP contribution in [-0.4, -0.2) is 24.4 Å². The number of hydrogen-bond acceptors (Lipinski definition) is 3. The maximum absolute atomic E-state index is 14.3. The second kappa shape index (κ2) is 7.33. The average Bonchev–Trinajstić information content (AvgIpc) is 2.83. The molecule has 1 saturated heterocycles. The Balaban J connectivity index is 1.68. The Bertz CT molecular complexity index is 811. The van der Waals surface area contributed by atoms with Gasteiger partial charge in [0.25, 0.3) is 0 Å². The summed E-state index contributed by atoms with van der Waals surface area (Å²) in [4.78, 5) is 12.1. The summed E-state index contributed by atoms with van der Waals surface area (Å²) >= 11 is 0. The van der Waals surface area contributed by atoms with Crippen molar-refractivity contribution in [3.63, 3.8) is 0 Å². The fourth-order valence-electron chi connectivity index (χ4n) is 2.73. The number of amides is 2. The van der Waals surface area contributed by atoms with Gasteiger partial charge in [-0.05, 0) is 51.5 Å². The fraction of sp³-hybridized carbons (Fsp3) is 0.350. The van der Waals surface area contributed by atoms with E-state index in [0.29, 0.717) is 12.2 Å². The van der Waals surface area contributed by atoms with Gasteiger partial charge in [0.2, 0.25) is 0 Å². The van der Waals surface area contributed by atoms with Gasteiger partial charge >= 0.3 is 13.1 Å². The van der Waals surface area contributed by atoms with Crippen molar-refractivity contribution in [2.75, 3.05) is 5.32 Å². The Hall–Kier alpha value is -2.38. The molecule has 0 radical (unpaired) electrons. The SMILES string of the molecule is CC1(C)OB(c2cc(NC(=O)NCc3ccccc3)ccc2F)OC1(C)C. The maximum atomic E-state index is 14.3. The fourth-order valence-corrected chi connectivity index (χ4v) is 2.73. The molecule has 2 N–H and O–H groups in total. The van der Waals surface area contributed by atoms with Gasteiger partial charge in [-0.3, -0.25) is 0 Å². The Labute approximate surface area is 159 Å². The first kappa shape index (κ1) is 19.4. The summed E-state index contributed by atoms with van der Waals surface area (Å²) < 4.78 is 26.2. The van der Waals surface area contributed by atoms with Crippen LogP contribution in [0.5, 0.6) is 0 Å². The Morgan fingerprint density at radius 2 is 1.67 bits per heavy atom. The lowest BCUT2D eigenvalue weighted by Gasteiger charge is -2.32. The van der Waals surface area contributed by atoms with Gasteiger partial charge in [0, 0.05) is 17.7 Å². The molecule has 2 aromatic carbocycles. The summed E-state index contributed by atoms with van der Waals surface area (Å²) in [7, 11) is -0.830. The van der Waals surface area contributed by atoms with E-state index in [1.807, 2.05) is 58.0 Å². The molecule has 3 rings (SSSR count). The highest BCUT2D eigenvalue weighted by Gasteiger charge is 2.52. The molecule has 0 aliphatic carbocycles. The third-order valence-corrected chi connectivity index (χ3v) is 5.06. The van der Waals surface area contributed by atoms with Crippen molar-refractivity contribution >= 4 is 24.3 Å². The number of anilines is 1. The number of urea groups is 1. The van der Waals surface area contributed by atoms with E-state index in [2.05, 4.69) is 10.6 Å². The molecular formula is C20H24BFN2O3. The highest BCUT2D eigenvalue weighted by molar-refractivity contribution is 6.62. The molecule has 0 saturated carbocycles. The molecule has 2 aromatic rings. The van der Waals surface area contributed by atoms with Crippen molar-refractivity contribution in [1.29, 1.82) is 0 Å². The van der Waals surface area contributed by atoms with E-state index in [-0.39, 0.29) is 11.5 Å². The van der Waals surface area contributed by atoms with Gasteiger partial charge in [-0.15, -0.1) is 0 Å². The van der Waals surface area contributed by atoms with E-state index in [1.54, 1.807) is 6.07 Å². The predicted molar refractivity (Wildman–Crippen MR) is 104 cm³/mol. The molecular weight excluding hydrogens is 346 g/mol. The van der Waals surface area contributed by atoms with E-state index >= 15 is 0 Å². The summed E-state index contributed by atoms with van der Waals surface area (Å²) in [5.41, 5.74) is 0.576. The van der Waals surface area contributed by atoms with Crippen molar-refractivity contribution in [3.8, 4) is 0 Å². The van der Waals surface area contributed by atoms with Crippen LogP contribution in [-0.2, 0) is 15.9 Å². The smallest absolute Gasteiger partial charge is 0.399 e. The van der Waals surface area contributed by atoms with Crippen LogP contribution in [0.15, 0.2) is 48.5 Å². The lowest BCUT2D eigenvalue weighted by molar-refractivity contribution is 0.00578. The Morgan fingerprint density at radius 3 is 2.30 bits per heavy atom. The number of carbonyl (C=O) groups excluding carboxylic acids is 1. The minimum absolute atomic E-state index is 0.259. The summed E-state index contributed by atoms with van der Waals surface area (Å²) in [5.74, 6) is -0.441. The number of hydrogen-bond donors (Lipinski definition) is 2. The van der Waals surface area contributed by atoms with Crippen molar-refractivity contribution in [2.24, 2.45) is 0 Å². The van der Waals surface area contributed by atoms with Gasteiger partial charge in [0.15, 0.2) is 0 Å². The third-order valence-electron chi connectivity index (χ3n) is 5.06. The first-order valence-corrected chi connectivity index (χ1v) is 8.92. The number of nitrogens with one attached hydrogen (secondary N) is 2. The monoisotopic (exact) mass is 370 g/mol. The van der Waals surface area contributed by atoms with Crippen LogP contribution in [0.2, 0.25) is 0 Å². The van der Waals surface area contributed by atoms with Gasteiger partial charge in [0.05, 0.1) is 11.2 Å². The first-order valence-electron chi connectivity index (χ1n) is 8.92. The van der Waals surface area contributed by atoms with E-state index in [4.69, 9.17) is 9.31 Å². The minimum atomic E-state index is -0.830. The molecule has 2 amide bonds. The van der Waals surface area contributed by atoms with Crippen LogP contribution in [0.3, 0.4) is 0 Å². The average molecular weight is 370 g/mol. The van der Waals surface area contributed by atoms with Crippen LogP contribution in [0.4, 0.5) is 14.9 Å². The number of carbonyl (C=O) groups is 1. The van der Waals surface area contributed by atoms with Crippen LogP contribution in [0.1, 0.15) is 33.3 Å². The lowest BCUT2D eigenvalue weighted by Crippen LogP contribution is -2.41. The first-order chi connectivity index (χ1) is 12.7. The molecule has 0 spiro atoms. The van der Waals surface area contributed by atoms with E-state index < -0.39 is 24.1 Å². The summed E-state index contributed by atoms with van der Waals surface area (Å²) in [6.07, 6.45) is 0. The van der Waals surface area contributed by atoms with Gasteiger partial charge in [-0.25, -0.2) is 9.18 Å². The topological polar surface area (TPSA) is 59.6 Å². The van der Waals surface area contributed by atoms with Gasteiger partial charge in [-0.1, -0.05) is 30.3 Å². The molecule has 1 aliphatic rings. The predicted octanol–water partition coefficient (Wildman–Crippen LogP) is 3.45. The van der Waals surface area contributed by atoms with Gasteiger partial charge in [0.1, 0.15) is 5.82 Å². The van der Waals surface area contributed by atoms with E-state index in [9.17, 15) is 9.18 Å². The van der Waals surface area contributed by atoms with Gasteiger partial charge in [-0.2, -0.15) is 0 Å². The molecule has 0 bridgehead atoms. The van der Waals surface area contributed by atoms with Gasteiger partial charge < -0.3 is 19.9 Å². The molecule has 0 atom stereocenters. The molecule has 0 aromatic heterocycles. The zero-order chi connectivity index (χ0) is 19.7. The van der Waals surface area contributed by atoms with Crippen LogP contribution < -0.4 is 16.1 Å². The molecule has 0 unspecified atom stereocenters. The quantitative estimate of drug-likeness (QED) is 0.811. The van der Waals surface area contributed by atoms with E-state index in [1.165, 1.54) is 12.1 Å². The van der Waals surface area contributed by atoms with E-state index in [0.717, 1.165) is 5.56 Å². The highest BCUT2D eigenvalue weighted by Crippen LogP contribution is 2.36. The van der Waals surface area contributed by atoms with Crippen molar-refractivity contribution < 1.29 is 18.5 Å². The number of benzene rings is 2. The van der Waals surface area contributed by atoms with Crippen LogP contribution >= 0.6 is 0 Å². The molecule has 1 fully saturated rings. The Morgan fingerprint density at radius 1 is 1.04 bits per heavy atom.